The highest BCUT2D eigenvalue weighted by Gasteiger charge is 2.03. The van der Waals surface area contributed by atoms with Gasteiger partial charge in [0.15, 0.2) is 0 Å². The summed E-state index contributed by atoms with van der Waals surface area (Å²) in [5.41, 5.74) is 5.15. The quantitative estimate of drug-likeness (QED) is 0.783. The first-order chi connectivity index (χ1) is 9.58. The van der Waals surface area contributed by atoms with Gasteiger partial charge in [-0.25, -0.2) is 0 Å². The molecule has 2 rings (SSSR count). The highest BCUT2D eigenvalue weighted by Crippen LogP contribution is 2.28. The van der Waals surface area contributed by atoms with E-state index in [4.69, 9.17) is 11.6 Å². The maximum Gasteiger partial charge on any atom is 0.0462 e. The SMILES string of the molecule is CNCc1ccc(SCc2cc(C)cc(C)c2)cc1Cl. The van der Waals surface area contributed by atoms with Crippen LogP contribution in [0.3, 0.4) is 0 Å². The van der Waals surface area contributed by atoms with E-state index in [1.54, 1.807) is 0 Å². The molecule has 20 heavy (non-hydrogen) atoms. The smallest absolute Gasteiger partial charge is 0.0462 e. The van der Waals surface area contributed by atoms with E-state index in [-0.39, 0.29) is 0 Å². The van der Waals surface area contributed by atoms with Crippen LogP contribution in [0.15, 0.2) is 41.3 Å². The van der Waals surface area contributed by atoms with Crippen LogP contribution < -0.4 is 5.32 Å². The zero-order valence-electron chi connectivity index (χ0n) is 12.2. The van der Waals surface area contributed by atoms with E-state index in [9.17, 15) is 0 Å². The standard InChI is InChI=1S/C17H20ClNS/c1-12-6-13(2)8-14(7-12)11-20-16-5-4-15(10-19-3)17(18)9-16/h4-9,19H,10-11H2,1-3H3. The number of nitrogens with one attached hydrogen (secondary N) is 1. The molecule has 0 heterocycles. The average Bonchev–Trinajstić information content (AvgIpc) is 2.38. The van der Waals surface area contributed by atoms with Crippen LogP contribution in [0.1, 0.15) is 22.3 Å². The van der Waals surface area contributed by atoms with Crippen LogP contribution in [0.4, 0.5) is 0 Å². The van der Waals surface area contributed by atoms with Crippen molar-refractivity contribution in [3.8, 4) is 0 Å². The monoisotopic (exact) mass is 305 g/mol. The van der Waals surface area contributed by atoms with Crippen LogP contribution in [-0.2, 0) is 12.3 Å². The second-order valence-electron chi connectivity index (χ2n) is 5.07. The Kier molecular flexibility index (Phi) is 5.53. The summed E-state index contributed by atoms with van der Waals surface area (Å²) in [6.07, 6.45) is 0. The van der Waals surface area contributed by atoms with E-state index in [0.717, 1.165) is 22.9 Å². The normalized spacial score (nSPS) is 10.8. The number of hydrogen-bond acceptors (Lipinski definition) is 2. The van der Waals surface area contributed by atoms with Gasteiger partial charge in [0.2, 0.25) is 0 Å². The van der Waals surface area contributed by atoms with Crippen molar-refractivity contribution in [1.82, 2.24) is 5.32 Å². The largest absolute Gasteiger partial charge is 0.316 e. The lowest BCUT2D eigenvalue weighted by Crippen LogP contribution is -2.05. The molecule has 0 unspecified atom stereocenters. The summed E-state index contributed by atoms with van der Waals surface area (Å²) >= 11 is 8.11. The molecule has 1 N–H and O–H groups in total. The van der Waals surface area contributed by atoms with Gasteiger partial charge in [0.05, 0.1) is 0 Å². The molecule has 0 aromatic heterocycles. The first-order valence-corrected chi connectivity index (χ1v) is 8.08. The number of hydrogen-bond donors (Lipinski definition) is 1. The fourth-order valence-electron chi connectivity index (χ4n) is 2.27. The van der Waals surface area contributed by atoms with Crippen LogP contribution >= 0.6 is 23.4 Å². The van der Waals surface area contributed by atoms with Crippen LogP contribution in [0, 0.1) is 13.8 Å². The molecule has 0 saturated carbocycles. The van der Waals surface area contributed by atoms with Gasteiger partial charge in [-0.3, -0.25) is 0 Å². The van der Waals surface area contributed by atoms with Crippen LogP contribution in [0.25, 0.3) is 0 Å². The predicted octanol–water partition coefficient (Wildman–Crippen LogP) is 4.97. The van der Waals surface area contributed by atoms with Crippen LogP contribution in [0.5, 0.6) is 0 Å². The van der Waals surface area contributed by atoms with Gasteiger partial charge < -0.3 is 5.32 Å². The van der Waals surface area contributed by atoms with Gasteiger partial charge in [0.25, 0.3) is 0 Å². The Labute approximate surface area is 130 Å². The molecule has 0 aliphatic carbocycles. The average molecular weight is 306 g/mol. The molecular formula is C17H20ClNS. The molecule has 2 aromatic rings. The minimum Gasteiger partial charge on any atom is -0.316 e. The summed E-state index contributed by atoms with van der Waals surface area (Å²) in [6.45, 7) is 5.09. The van der Waals surface area contributed by atoms with Crippen molar-refractivity contribution in [1.29, 1.82) is 0 Å². The lowest BCUT2D eigenvalue weighted by Gasteiger charge is -2.08. The number of aryl methyl sites for hydroxylation is 2. The third-order valence-corrected chi connectivity index (χ3v) is 4.50. The third kappa shape index (κ3) is 4.27. The molecule has 0 aliphatic heterocycles. The Hall–Kier alpha value is -0.960. The Morgan fingerprint density at radius 1 is 1.05 bits per heavy atom. The maximum atomic E-state index is 6.29. The van der Waals surface area contributed by atoms with Gasteiger partial charge in [-0.2, -0.15) is 0 Å². The fraction of sp³-hybridized carbons (Fsp3) is 0.294. The van der Waals surface area contributed by atoms with Crippen LogP contribution in [0.2, 0.25) is 5.02 Å². The molecule has 0 spiro atoms. The minimum atomic E-state index is 0.806. The molecule has 0 saturated heterocycles. The van der Waals surface area contributed by atoms with Gasteiger partial charge in [-0.15, -0.1) is 11.8 Å². The van der Waals surface area contributed by atoms with E-state index in [1.807, 2.05) is 18.8 Å². The van der Waals surface area contributed by atoms with Crippen molar-refractivity contribution in [3.05, 3.63) is 63.7 Å². The summed E-state index contributed by atoms with van der Waals surface area (Å²) in [6, 6.07) is 13.0. The lowest BCUT2D eigenvalue weighted by atomic mass is 10.1. The molecule has 0 atom stereocenters. The molecule has 0 amide bonds. The molecule has 0 fully saturated rings. The molecule has 3 heteroatoms. The molecule has 0 radical (unpaired) electrons. The second-order valence-corrected chi connectivity index (χ2v) is 6.52. The van der Waals surface area contributed by atoms with E-state index in [0.29, 0.717) is 0 Å². The van der Waals surface area contributed by atoms with Crippen molar-refractivity contribution < 1.29 is 0 Å². The van der Waals surface area contributed by atoms with Gasteiger partial charge >= 0.3 is 0 Å². The molecule has 1 nitrogen and oxygen atoms in total. The molecular weight excluding hydrogens is 286 g/mol. The Bertz CT molecular complexity index is 575. The summed E-state index contributed by atoms with van der Waals surface area (Å²) in [7, 11) is 1.93. The highest BCUT2D eigenvalue weighted by molar-refractivity contribution is 7.98. The van der Waals surface area contributed by atoms with E-state index in [2.05, 4.69) is 55.6 Å². The molecule has 0 bridgehead atoms. The Morgan fingerprint density at radius 2 is 1.75 bits per heavy atom. The minimum absolute atomic E-state index is 0.806. The number of rotatable bonds is 5. The zero-order chi connectivity index (χ0) is 14.5. The van der Waals surface area contributed by atoms with Crippen molar-refractivity contribution in [2.45, 2.75) is 31.0 Å². The van der Waals surface area contributed by atoms with Crippen LogP contribution in [-0.4, -0.2) is 7.05 Å². The Balaban J connectivity index is 2.05. The van der Waals surface area contributed by atoms with Crippen molar-refractivity contribution in [2.24, 2.45) is 0 Å². The molecule has 0 aliphatic rings. The van der Waals surface area contributed by atoms with E-state index < -0.39 is 0 Å². The molecule has 2 aromatic carbocycles. The number of benzene rings is 2. The van der Waals surface area contributed by atoms with Gasteiger partial charge in [-0.1, -0.05) is 47.0 Å². The van der Waals surface area contributed by atoms with E-state index in [1.165, 1.54) is 21.6 Å². The summed E-state index contributed by atoms with van der Waals surface area (Å²) < 4.78 is 0. The summed E-state index contributed by atoms with van der Waals surface area (Å²) in [5.74, 6) is 0.976. The number of halogens is 1. The molecule has 106 valence electrons. The van der Waals surface area contributed by atoms with Gasteiger partial charge in [0, 0.05) is 22.2 Å². The van der Waals surface area contributed by atoms with Gasteiger partial charge in [0.1, 0.15) is 0 Å². The van der Waals surface area contributed by atoms with Crippen molar-refractivity contribution in [2.75, 3.05) is 7.05 Å². The Morgan fingerprint density at radius 3 is 2.35 bits per heavy atom. The maximum absolute atomic E-state index is 6.29. The fourth-order valence-corrected chi connectivity index (χ4v) is 3.45. The van der Waals surface area contributed by atoms with Gasteiger partial charge in [-0.05, 0) is 44.2 Å². The van der Waals surface area contributed by atoms with Crippen molar-refractivity contribution in [3.63, 3.8) is 0 Å². The third-order valence-electron chi connectivity index (χ3n) is 3.08. The summed E-state index contributed by atoms with van der Waals surface area (Å²) in [4.78, 5) is 1.22. The topological polar surface area (TPSA) is 12.0 Å². The van der Waals surface area contributed by atoms with E-state index >= 15 is 0 Å². The first kappa shape index (κ1) is 15.4. The zero-order valence-corrected chi connectivity index (χ0v) is 13.7. The lowest BCUT2D eigenvalue weighted by molar-refractivity contribution is 0.817. The second kappa shape index (κ2) is 7.16. The number of thioether (sulfide) groups is 1. The highest BCUT2D eigenvalue weighted by atomic mass is 35.5. The summed E-state index contributed by atoms with van der Waals surface area (Å²) in [5, 5.41) is 3.96. The predicted molar refractivity (Wildman–Crippen MR) is 89.7 cm³/mol. The van der Waals surface area contributed by atoms with Crippen molar-refractivity contribution >= 4 is 23.4 Å². The first-order valence-electron chi connectivity index (χ1n) is 6.71.